The largest absolute Gasteiger partial charge is 0.490 e. The van der Waals surface area contributed by atoms with Gasteiger partial charge in [-0.15, -0.1) is 0 Å². The lowest BCUT2D eigenvalue weighted by atomic mass is 10.1. The lowest BCUT2D eigenvalue weighted by Crippen LogP contribution is -2.37. The maximum absolute atomic E-state index is 12.3. The first-order chi connectivity index (χ1) is 9.54. The number of carbonyl (C=O) groups excluding carboxylic acids is 1. The van der Waals surface area contributed by atoms with Crippen LogP contribution in [0.25, 0.3) is 0 Å². The molecule has 0 aliphatic heterocycles. The molecule has 7 heteroatoms. The van der Waals surface area contributed by atoms with E-state index in [0.717, 1.165) is 19.3 Å². The lowest BCUT2D eigenvalue weighted by Gasteiger charge is -2.17. The van der Waals surface area contributed by atoms with Crippen molar-refractivity contribution >= 4 is 27.5 Å². The summed E-state index contributed by atoms with van der Waals surface area (Å²) in [5.41, 5.74) is -0.0183. The van der Waals surface area contributed by atoms with Crippen LogP contribution in [-0.2, 0) is 0 Å². The summed E-state index contributed by atoms with van der Waals surface area (Å²) in [5, 5.41) is 13.8. The monoisotopic (exact) mass is 342 g/mol. The number of benzene rings is 1. The van der Waals surface area contributed by atoms with E-state index in [-0.39, 0.29) is 33.8 Å². The number of nitrogens with one attached hydrogen (secondary N) is 1. The molecule has 1 aliphatic carbocycles. The number of rotatable bonds is 4. The van der Waals surface area contributed by atoms with Crippen molar-refractivity contribution in [1.29, 1.82) is 0 Å². The average Bonchev–Trinajstić information content (AvgIpc) is 2.83. The molecule has 0 saturated heterocycles. The molecule has 0 heterocycles. The average molecular weight is 343 g/mol. The molecule has 1 aliphatic rings. The van der Waals surface area contributed by atoms with Crippen LogP contribution in [0.3, 0.4) is 0 Å². The van der Waals surface area contributed by atoms with Crippen LogP contribution in [0.5, 0.6) is 5.75 Å². The number of nitrogens with zero attached hydrogens (tertiary/aromatic N) is 1. The first-order valence-corrected chi connectivity index (χ1v) is 7.22. The van der Waals surface area contributed by atoms with Gasteiger partial charge in [0.2, 0.25) is 5.75 Å². The van der Waals surface area contributed by atoms with Crippen molar-refractivity contribution < 1.29 is 14.5 Å². The van der Waals surface area contributed by atoms with Crippen LogP contribution in [0, 0.1) is 10.1 Å². The fourth-order valence-corrected chi connectivity index (χ4v) is 3.11. The molecule has 0 spiro atoms. The highest BCUT2D eigenvalue weighted by molar-refractivity contribution is 9.09. The fraction of sp³-hybridized carbons (Fsp3) is 0.462. The molecule has 1 aromatic carbocycles. The summed E-state index contributed by atoms with van der Waals surface area (Å²) in [7, 11) is 1.32. The van der Waals surface area contributed by atoms with Gasteiger partial charge in [-0.2, -0.15) is 0 Å². The van der Waals surface area contributed by atoms with Crippen LogP contribution in [-0.4, -0.2) is 28.8 Å². The first kappa shape index (κ1) is 14.8. The molecule has 2 rings (SSSR count). The summed E-state index contributed by atoms with van der Waals surface area (Å²) >= 11 is 3.52. The highest BCUT2D eigenvalue weighted by Crippen LogP contribution is 2.31. The number of para-hydroxylation sites is 1. The Kier molecular flexibility index (Phi) is 4.59. The van der Waals surface area contributed by atoms with Crippen LogP contribution in [0.4, 0.5) is 5.69 Å². The zero-order chi connectivity index (χ0) is 14.7. The van der Waals surface area contributed by atoms with E-state index in [1.807, 2.05) is 0 Å². The summed E-state index contributed by atoms with van der Waals surface area (Å²) in [4.78, 5) is 22.9. The molecule has 0 radical (unpaired) electrons. The normalized spacial score (nSPS) is 21.5. The van der Waals surface area contributed by atoms with Crippen molar-refractivity contribution in [3.05, 3.63) is 33.9 Å². The number of nitro benzene ring substituents is 1. The van der Waals surface area contributed by atoms with E-state index < -0.39 is 4.92 Å². The molecule has 1 saturated carbocycles. The van der Waals surface area contributed by atoms with Crippen molar-refractivity contribution in [2.45, 2.75) is 30.1 Å². The van der Waals surface area contributed by atoms with E-state index in [1.165, 1.54) is 25.3 Å². The molecule has 0 aromatic heterocycles. The predicted molar refractivity (Wildman–Crippen MR) is 77.5 cm³/mol. The molecule has 1 aromatic rings. The molecule has 108 valence electrons. The summed E-state index contributed by atoms with van der Waals surface area (Å²) in [5.74, 6) is -0.346. The van der Waals surface area contributed by atoms with Gasteiger partial charge in [-0.05, 0) is 18.9 Å². The fourth-order valence-electron chi connectivity index (χ4n) is 2.39. The van der Waals surface area contributed by atoms with E-state index in [4.69, 9.17) is 4.74 Å². The molecular formula is C13H15BrN2O4. The van der Waals surface area contributed by atoms with Gasteiger partial charge in [0, 0.05) is 16.9 Å². The summed E-state index contributed by atoms with van der Waals surface area (Å²) in [6.07, 6.45) is 2.96. The van der Waals surface area contributed by atoms with Gasteiger partial charge >= 0.3 is 5.69 Å². The van der Waals surface area contributed by atoms with Gasteiger partial charge in [-0.25, -0.2) is 0 Å². The van der Waals surface area contributed by atoms with Crippen molar-refractivity contribution in [3.63, 3.8) is 0 Å². The Labute approximate surface area is 124 Å². The van der Waals surface area contributed by atoms with Gasteiger partial charge in [0.15, 0.2) is 0 Å². The molecule has 20 heavy (non-hydrogen) atoms. The Morgan fingerprint density at radius 2 is 2.25 bits per heavy atom. The van der Waals surface area contributed by atoms with Crippen molar-refractivity contribution in [1.82, 2.24) is 5.32 Å². The third kappa shape index (κ3) is 2.92. The third-order valence-electron chi connectivity index (χ3n) is 3.39. The van der Waals surface area contributed by atoms with Crippen LogP contribution in [0.15, 0.2) is 18.2 Å². The van der Waals surface area contributed by atoms with Crippen molar-refractivity contribution in [2.24, 2.45) is 0 Å². The zero-order valence-electron chi connectivity index (χ0n) is 11.0. The number of alkyl halides is 1. The minimum absolute atomic E-state index is 0.000815. The Bertz CT molecular complexity index is 535. The van der Waals surface area contributed by atoms with Crippen molar-refractivity contribution in [2.75, 3.05) is 7.11 Å². The molecule has 2 unspecified atom stereocenters. The molecule has 1 fully saturated rings. The minimum atomic E-state index is -0.557. The van der Waals surface area contributed by atoms with Gasteiger partial charge < -0.3 is 10.1 Å². The van der Waals surface area contributed by atoms with E-state index in [1.54, 1.807) is 0 Å². The molecule has 1 amide bonds. The number of hydrogen-bond donors (Lipinski definition) is 1. The number of ether oxygens (including phenoxy) is 1. The summed E-state index contributed by atoms with van der Waals surface area (Å²) < 4.78 is 5.04. The van der Waals surface area contributed by atoms with Gasteiger partial charge in [-0.1, -0.05) is 28.4 Å². The Balaban J connectivity index is 2.25. The molecule has 6 nitrogen and oxygen atoms in total. The van der Waals surface area contributed by atoms with E-state index in [2.05, 4.69) is 21.2 Å². The molecule has 2 atom stereocenters. The van der Waals surface area contributed by atoms with E-state index >= 15 is 0 Å². The van der Waals surface area contributed by atoms with Gasteiger partial charge in [0.1, 0.15) is 0 Å². The van der Waals surface area contributed by atoms with Crippen molar-refractivity contribution in [3.8, 4) is 5.75 Å². The van der Waals surface area contributed by atoms with Gasteiger partial charge in [0.05, 0.1) is 17.6 Å². The number of nitro groups is 1. The lowest BCUT2D eigenvalue weighted by molar-refractivity contribution is -0.385. The third-order valence-corrected chi connectivity index (χ3v) is 4.48. The van der Waals surface area contributed by atoms with Crippen LogP contribution < -0.4 is 10.1 Å². The number of amides is 1. The molecular weight excluding hydrogens is 328 g/mol. The number of methoxy groups -OCH3 is 1. The zero-order valence-corrected chi connectivity index (χ0v) is 12.6. The Hall–Kier alpha value is -1.63. The second-order valence-electron chi connectivity index (χ2n) is 4.64. The number of carbonyl (C=O) groups is 1. The van der Waals surface area contributed by atoms with Gasteiger partial charge in [0.25, 0.3) is 5.91 Å². The second-order valence-corrected chi connectivity index (χ2v) is 5.82. The van der Waals surface area contributed by atoms with Crippen LogP contribution in [0.1, 0.15) is 29.6 Å². The van der Waals surface area contributed by atoms with Crippen LogP contribution in [0.2, 0.25) is 0 Å². The quantitative estimate of drug-likeness (QED) is 0.518. The second kappa shape index (κ2) is 6.21. The maximum atomic E-state index is 12.3. The first-order valence-electron chi connectivity index (χ1n) is 6.31. The van der Waals surface area contributed by atoms with E-state index in [9.17, 15) is 14.9 Å². The number of halogens is 1. The standard InChI is InChI=1S/C13H15BrN2O4/c1-20-12-8(4-2-7-11(12)16(18)19)13(17)15-10-6-3-5-9(10)14/h2,4,7,9-10H,3,5-6H2,1H3,(H,15,17). The molecule has 1 N–H and O–H groups in total. The smallest absolute Gasteiger partial charge is 0.311 e. The highest BCUT2D eigenvalue weighted by Gasteiger charge is 2.29. The van der Waals surface area contributed by atoms with E-state index in [0.29, 0.717) is 0 Å². The molecule has 0 bridgehead atoms. The summed E-state index contributed by atoms with van der Waals surface area (Å²) in [6, 6.07) is 4.37. The maximum Gasteiger partial charge on any atom is 0.311 e. The Morgan fingerprint density at radius 3 is 2.80 bits per heavy atom. The predicted octanol–water partition coefficient (Wildman–Crippen LogP) is 2.65. The topological polar surface area (TPSA) is 81.5 Å². The Morgan fingerprint density at radius 1 is 1.50 bits per heavy atom. The summed E-state index contributed by atoms with van der Waals surface area (Å²) in [6.45, 7) is 0. The van der Waals surface area contributed by atoms with Gasteiger partial charge in [-0.3, -0.25) is 14.9 Å². The SMILES string of the molecule is COc1c(C(=O)NC2CCCC2Br)cccc1[N+](=O)[O-]. The minimum Gasteiger partial charge on any atom is -0.490 e. The highest BCUT2D eigenvalue weighted by atomic mass is 79.9. The van der Waals surface area contributed by atoms with Crippen LogP contribution >= 0.6 is 15.9 Å². The number of hydrogen-bond acceptors (Lipinski definition) is 4.